The van der Waals surface area contributed by atoms with Gasteiger partial charge in [-0.05, 0) is 34.6 Å². The van der Waals surface area contributed by atoms with Crippen LogP contribution in [0.2, 0.25) is 0 Å². The molecule has 6 heteroatoms. The summed E-state index contributed by atoms with van der Waals surface area (Å²) in [5.74, 6) is 1.10. The summed E-state index contributed by atoms with van der Waals surface area (Å²) in [6.45, 7) is 9.09. The highest BCUT2D eigenvalue weighted by molar-refractivity contribution is 5.92. The van der Waals surface area contributed by atoms with E-state index in [1.807, 2.05) is 12.1 Å². The standard InChI is InChI=1S/C23H27N5O/c1-15(2)18-8-5-9-19(16(3)4)22(18)28-21-14-25-20(13-26-21)23(29)27-12-17-7-6-10-24-11-17/h5-11,13-16H,12H2,1-4H3,(H,26,28)(H,27,29). The van der Waals surface area contributed by atoms with Gasteiger partial charge >= 0.3 is 0 Å². The first-order valence-electron chi connectivity index (χ1n) is 9.84. The monoisotopic (exact) mass is 389 g/mol. The second kappa shape index (κ2) is 9.28. The molecule has 0 aliphatic rings. The largest absolute Gasteiger partial charge is 0.347 e. The number of rotatable bonds is 7. The lowest BCUT2D eigenvalue weighted by molar-refractivity contribution is 0.0945. The molecule has 0 aliphatic heterocycles. The van der Waals surface area contributed by atoms with Crippen molar-refractivity contribution >= 4 is 17.4 Å². The smallest absolute Gasteiger partial charge is 0.271 e. The first kappa shape index (κ1) is 20.5. The molecule has 0 fully saturated rings. The van der Waals surface area contributed by atoms with Crippen molar-refractivity contribution in [2.45, 2.75) is 46.1 Å². The third kappa shape index (κ3) is 5.16. The van der Waals surface area contributed by atoms with Crippen molar-refractivity contribution in [1.82, 2.24) is 20.3 Å². The molecule has 0 saturated carbocycles. The number of hydrogen-bond donors (Lipinski definition) is 2. The van der Waals surface area contributed by atoms with Crippen LogP contribution in [0.1, 0.15) is 66.7 Å². The Balaban J connectivity index is 1.73. The molecule has 2 heterocycles. The molecular formula is C23H27N5O. The Kier molecular flexibility index (Phi) is 6.54. The van der Waals surface area contributed by atoms with Gasteiger partial charge in [-0.2, -0.15) is 0 Å². The van der Waals surface area contributed by atoms with Gasteiger partial charge in [0.25, 0.3) is 5.91 Å². The van der Waals surface area contributed by atoms with Crippen LogP contribution in [0, 0.1) is 0 Å². The summed E-state index contributed by atoms with van der Waals surface area (Å²) < 4.78 is 0. The number of hydrogen-bond acceptors (Lipinski definition) is 5. The summed E-state index contributed by atoms with van der Waals surface area (Å²) in [5.41, 5.74) is 4.74. The van der Waals surface area contributed by atoms with Crippen LogP contribution < -0.4 is 10.6 Å². The van der Waals surface area contributed by atoms with E-state index in [2.05, 4.69) is 71.5 Å². The molecule has 1 amide bonds. The van der Waals surface area contributed by atoms with Crippen molar-refractivity contribution in [3.63, 3.8) is 0 Å². The Labute approximate surface area is 171 Å². The summed E-state index contributed by atoms with van der Waals surface area (Å²) in [4.78, 5) is 25.0. The van der Waals surface area contributed by atoms with Gasteiger partial charge in [-0.1, -0.05) is 52.0 Å². The summed E-state index contributed by atoms with van der Waals surface area (Å²) in [6.07, 6.45) is 6.51. The second-order valence-electron chi connectivity index (χ2n) is 7.58. The van der Waals surface area contributed by atoms with Gasteiger partial charge in [0.1, 0.15) is 11.5 Å². The zero-order valence-corrected chi connectivity index (χ0v) is 17.3. The van der Waals surface area contributed by atoms with Crippen LogP contribution in [0.25, 0.3) is 0 Å². The molecule has 0 bridgehead atoms. The molecule has 0 aliphatic carbocycles. The quantitative estimate of drug-likeness (QED) is 0.607. The van der Waals surface area contributed by atoms with Crippen LogP contribution in [0.3, 0.4) is 0 Å². The van der Waals surface area contributed by atoms with Crippen molar-refractivity contribution in [3.8, 4) is 0 Å². The number of amides is 1. The highest BCUT2D eigenvalue weighted by Crippen LogP contribution is 2.33. The summed E-state index contributed by atoms with van der Waals surface area (Å²) in [7, 11) is 0. The van der Waals surface area contributed by atoms with E-state index in [0.29, 0.717) is 24.2 Å². The number of carbonyl (C=O) groups is 1. The Morgan fingerprint density at radius 3 is 2.21 bits per heavy atom. The average molecular weight is 390 g/mol. The van der Waals surface area contributed by atoms with E-state index in [0.717, 1.165) is 11.3 Å². The molecular weight excluding hydrogens is 362 g/mol. The minimum atomic E-state index is -0.265. The van der Waals surface area contributed by atoms with Crippen LogP contribution in [-0.4, -0.2) is 20.9 Å². The number of pyridine rings is 1. The Morgan fingerprint density at radius 2 is 1.66 bits per heavy atom. The Hall–Kier alpha value is -3.28. The van der Waals surface area contributed by atoms with Gasteiger partial charge in [0.15, 0.2) is 0 Å². The molecule has 3 aromatic rings. The highest BCUT2D eigenvalue weighted by atomic mass is 16.1. The van der Waals surface area contributed by atoms with Crippen molar-refractivity contribution in [2.24, 2.45) is 0 Å². The number of nitrogens with one attached hydrogen (secondary N) is 2. The topological polar surface area (TPSA) is 79.8 Å². The molecule has 6 nitrogen and oxygen atoms in total. The van der Waals surface area contributed by atoms with Crippen LogP contribution in [-0.2, 0) is 6.54 Å². The normalized spacial score (nSPS) is 11.0. The van der Waals surface area contributed by atoms with E-state index in [9.17, 15) is 4.79 Å². The minimum absolute atomic E-state index is 0.265. The Morgan fingerprint density at radius 1 is 0.931 bits per heavy atom. The van der Waals surface area contributed by atoms with Gasteiger partial charge < -0.3 is 10.6 Å². The number of benzene rings is 1. The maximum Gasteiger partial charge on any atom is 0.271 e. The summed E-state index contributed by atoms with van der Waals surface area (Å²) >= 11 is 0. The van der Waals surface area contributed by atoms with Gasteiger partial charge in [0.2, 0.25) is 0 Å². The minimum Gasteiger partial charge on any atom is -0.347 e. The van der Waals surface area contributed by atoms with Gasteiger partial charge in [0.05, 0.1) is 12.4 Å². The van der Waals surface area contributed by atoms with Gasteiger partial charge in [0, 0.05) is 24.6 Å². The average Bonchev–Trinajstić information content (AvgIpc) is 2.73. The van der Waals surface area contributed by atoms with Crippen LogP contribution in [0.15, 0.2) is 55.1 Å². The fourth-order valence-electron chi connectivity index (χ4n) is 3.11. The molecule has 0 atom stereocenters. The lowest BCUT2D eigenvalue weighted by Gasteiger charge is -2.20. The molecule has 0 radical (unpaired) electrons. The summed E-state index contributed by atoms with van der Waals surface area (Å²) in [6, 6.07) is 10.1. The Bertz CT molecular complexity index is 927. The maximum atomic E-state index is 12.3. The first-order chi connectivity index (χ1) is 14.0. The van der Waals surface area contributed by atoms with Gasteiger partial charge in [-0.25, -0.2) is 9.97 Å². The number of carbonyl (C=O) groups excluding carboxylic acids is 1. The number of anilines is 2. The zero-order valence-electron chi connectivity index (χ0n) is 17.3. The molecule has 0 saturated heterocycles. The molecule has 3 rings (SSSR count). The van der Waals surface area contributed by atoms with Crippen molar-refractivity contribution in [3.05, 3.63) is 77.5 Å². The number of aromatic nitrogens is 3. The third-order valence-electron chi connectivity index (χ3n) is 4.69. The highest BCUT2D eigenvalue weighted by Gasteiger charge is 2.15. The number of nitrogens with zero attached hydrogens (tertiary/aromatic N) is 3. The molecule has 29 heavy (non-hydrogen) atoms. The molecule has 0 unspecified atom stereocenters. The molecule has 150 valence electrons. The lowest BCUT2D eigenvalue weighted by Crippen LogP contribution is -2.24. The summed E-state index contributed by atoms with van der Waals surface area (Å²) in [5, 5.41) is 6.24. The van der Waals surface area contributed by atoms with Crippen molar-refractivity contribution < 1.29 is 4.79 Å². The van der Waals surface area contributed by atoms with E-state index in [1.165, 1.54) is 17.3 Å². The third-order valence-corrected chi connectivity index (χ3v) is 4.69. The molecule has 0 spiro atoms. The molecule has 2 N–H and O–H groups in total. The van der Waals surface area contributed by atoms with Crippen molar-refractivity contribution in [2.75, 3.05) is 5.32 Å². The van der Waals surface area contributed by atoms with Crippen LogP contribution in [0.5, 0.6) is 0 Å². The molecule has 1 aromatic carbocycles. The van der Waals surface area contributed by atoms with Crippen LogP contribution in [0.4, 0.5) is 11.5 Å². The maximum absolute atomic E-state index is 12.3. The van der Waals surface area contributed by atoms with Crippen LogP contribution >= 0.6 is 0 Å². The van der Waals surface area contributed by atoms with E-state index >= 15 is 0 Å². The van der Waals surface area contributed by atoms with Gasteiger partial charge in [-0.3, -0.25) is 9.78 Å². The van der Waals surface area contributed by atoms with E-state index < -0.39 is 0 Å². The van der Waals surface area contributed by atoms with E-state index in [1.54, 1.807) is 18.6 Å². The SMILES string of the molecule is CC(C)c1cccc(C(C)C)c1Nc1cnc(C(=O)NCc2cccnc2)cn1. The number of para-hydroxylation sites is 1. The second-order valence-corrected chi connectivity index (χ2v) is 7.58. The van der Waals surface area contributed by atoms with E-state index in [-0.39, 0.29) is 11.6 Å². The first-order valence-corrected chi connectivity index (χ1v) is 9.84. The predicted octanol–water partition coefficient (Wildman–Crippen LogP) is 4.79. The zero-order chi connectivity index (χ0) is 20.8. The molecule has 2 aromatic heterocycles. The fourth-order valence-corrected chi connectivity index (χ4v) is 3.11. The van der Waals surface area contributed by atoms with Crippen molar-refractivity contribution in [1.29, 1.82) is 0 Å². The fraction of sp³-hybridized carbons (Fsp3) is 0.304. The lowest BCUT2D eigenvalue weighted by atomic mass is 9.92. The predicted molar refractivity (Wildman–Crippen MR) is 115 cm³/mol. The van der Waals surface area contributed by atoms with Gasteiger partial charge in [-0.15, -0.1) is 0 Å². The van der Waals surface area contributed by atoms with E-state index in [4.69, 9.17) is 0 Å².